The smallest absolute Gasteiger partial charge is 0.211 e. The van der Waals surface area contributed by atoms with Crippen molar-refractivity contribution in [3.05, 3.63) is 59.4 Å². The van der Waals surface area contributed by atoms with E-state index in [2.05, 4.69) is 67.8 Å². The van der Waals surface area contributed by atoms with Crippen molar-refractivity contribution in [1.29, 1.82) is 0 Å². The van der Waals surface area contributed by atoms with Gasteiger partial charge in [-0.25, -0.2) is 18.6 Å². The Morgan fingerprint density at radius 3 is 1.77 bits per heavy atom. The van der Waals surface area contributed by atoms with E-state index in [0.717, 1.165) is 0 Å². The number of pyridine rings is 1. The molecule has 0 aliphatic rings. The van der Waals surface area contributed by atoms with E-state index in [0.29, 0.717) is 0 Å². The van der Waals surface area contributed by atoms with Gasteiger partial charge in [0, 0.05) is 37.6 Å². The fraction of sp³-hybridized carbons (Fsp3) is 0.542. The van der Waals surface area contributed by atoms with Gasteiger partial charge in [-0.15, -0.1) is 10.2 Å². The molecule has 0 saturated carbocycles. The normalized spacial score (nSPS) is 11.2. The van der Waals surface area contributed by atoms with Crippen LogP contribution in [0.5, 0.6) is 0 Å². The molecule has 0 N–H and O–H groups in total. The minimum Gasteiger partial charge on any atom is -0.222 e. The van der Waals surface area contributed by atoms with Gasteiger partial charge in [-0.2, -0.15) is 4.57 Å². The standard InChI is InChI=1S/C24H36N.ClHO4/c1-4-5-6-7-8-9-10-11-13-18-24-20-21(2)19-22(3)25(24)23-16-14-12-15-17-23;2-1(3,4)5/h12,14-17,19-20H,4-11,13,18H2,1-3H3;(H,2,3,4,5)/q+1;/p-1. The highest BCUT2D eigenvalue weighted by Crippen LogP contribution is 2.13. The summed E-state index contributed by atoms with van der Waals surface area (Å²) in [5.74, 6) is 0. The molecule has 5 nitrogen and oxygen atoms in total. The summed E-state index contributed by atoms with van der Waals surface area (Å²) in [4.78, 5) is 0. The number of unbranched alkanes of at least 4 members (excludes halogenated alkanes) is 8. The highest BCUT2D eigenvalue weighted by atomic mass is 35.7. The zero-order valence-corrected chi connectivity index (χ0v) is 19.3. The van der Waals surface area contributed by atoms with Crippen LogP contribution in [0.3, 0.4) is 0 Å². The van der Waals surface area contributed by atoms with E-state index in [1.54, 1.807) is 0 Å². The van der Waals surface area contributed by atoms with Crippen LogP contribution >= 0.6 is 0 Å². The van der Waals surface area contributed by atoms with Crippen molar-refractivity contribution in [3.63, 3.8) is 0 Å². The van der Waals surface area contributed by atoms with Crippen molar-refractivity contribution < 1.29 is 33.4 Å². The second-order valence-corrected chi connectivity index (χ2v) is 8.55. The maximum Gasteiger partial charge on any atom is 0.211 e. The minimum absolute atomic E-state index is 1.17. The van der Waals surface area contributed by atoms with Crippen LogP contribution in [0.15, 0.2) is 42.5 Å². The Morgan fingerprint density at radius 1 is 0.733 bits per heavy atom. The predicted molar refractivity (Wildman–Crippen MR) is 108 cm³/mol. The fourth-order valence-electron chi connectivity index (χ4n) is 3.74. The van der Waals surface area contributed by atoms with Crippen LogP contribution in [0, 0.1) is 24.1 Å². The van der Waals surface area contributed by atoms with Crippen LogP contribution in [0.4, 0.5) is 0 Å². The molecule has 1 aromatic carbocycles. The van der Waals surface area contributed by atoms with Crippen molar-refractivity contribution in [2.45, 2.75) is 85.0 Å². The SMILES string of the molecule is CCCCCCCCCCCc1cc(C)cc(C)[n+]1-c1ccccc1.[O-][Cl+3]([O-])([O-])[O-]. The van der Waals surface area contributed by atoms with E-state index in [-0.39, 0.29) is 0 Å². The molecule has 0 saturated heterocycles. The summed E-state index contributed by atoms with van der Waals surface area (Å²) >= 11 is 0. The van der Waals surface area contributed by atoms with Crippen molar-refractivity contribution in [2.75, 3.05) is 0 Å². The third-order valence-electron chi connectivity index (χ3n) is 5.02. The first kappa shape index (κ1) is 26.5. The molecule has 0 radical (unpaired) electrons. The summed E-state index contributed by atoms with van der Waals surface area (Å²) in [6.45, 7) is 6.72. The maximum absolute atomic E-state index is 8.49. The van der Waals surface area contributed by atoms with Crippen LogP contribution < -0.4 is 23.2 Å². The second kappa shape index (κ2) is 14.5. The van der Waals surface area contributed by atoms with Gasteiger partial charge < -0.3 is 0 Å². The summed E-state index contributed by atoms with van der Waals surface area (Å²) in [7, 11) is -4.94. The highest BCUT2D eigenvalue weighted by Gasteiger charge is 2.17. The van der Waals surface area contributed by atoms with E-state index < -0.39 is 10.2 Å². The first-order chi connectivity index (χ1) is 14.2. The topological polar surface area (TPSA) is 96.1 Å². The summed E-state index contributed by atoms with van der Waals surface area (Å²) in [5, 5.41) is 0. The summed E-state index contributed by atoms with van der Waals surface area (Å²) in [6.07, 6.45) is 13.7. The molecule has 168 valence electrons. The predicted octanol–water partition coefficient (Wildman–Crippen LogP) is 1.90. The highest BCUT2D eigenvalue weighted by molar-refractivity contribution is 5.25. The molecule has 1 heterocycles. The Bertz CT molecular complexity index is 711. The molecule has 0 fully saturated rings. The molecule has 0 aliphatic heterocycles. The van der Waals surface area contributed by atoms with Crippen molar-refractivity contribution in [3.8, 4) is 5.69 Å². The van der Waals surface area contributed by atoms with E-state index >= 15 is 0 Å². The average Bonchev–Trinajstić information content (AvgIpc) is 2.65. The average molecular weight is 438 g/mol. The molecule has 2 rings (SSSR count). The van der Waals surface area contributed by atoms with Crippen LogP contribution in [0.25, 0.3) is 5.69 Å². The zero-order chi connectivity index (χ0) is 22.4. The minimum atomic E-state index is -4.94. The van der Waals surface area contributed by atoms with Crippen LogP contribution in [-0.4, -0.2) is 0 Å². The van der Waals surface area contributed by atoms with Crippen molar-refractivity contribution in [2.24, 2.45) is 0 Å². The number of aromatic nitrogens is 1. The molecule has 30 heavy (non-hydrogen) atoms. The molecule has 2 aromatic rings. The Kier molecular flexibility index (Phi) is 12.8. The molecule has 0 unspecified atom stereocenters. The molecule has 0 bridgehead atoms. The number of nitrogens with zero attached hydrogens (tertiary/aromatic N) is 1. The van der Waals surface area contributed by atoms with E-state index in [1.165, 1.54) is 86.8 Å². The lowest BCUT2D eigenvalue weighted by Crippen LogP contribution is -2.68. The molecule has 1 aromatic heterocycles. The van der Waals surface area contributed by atoms with E-state index in [9.17, 15) is 0 Å². The number of rotatable bonds is 11. The molecule has 0 atom stereocenters. The third-order valence-corrected chi connectivity index (χ3v) is 5.02. The van der Waals surface area contributed by atoms with Gasteiger partial charge in [0.25, 0.3) is 0 Å². The van der Waals surface area contributed by atoms with Gasteiger partial charge >= 0.3 is 0 Å². The lowest BCUT2D eigenvalue weighted by molar-refractivity contribution is -2.00. The van der Waals surface area contributed by atoms with Crippen LogP contribution in [0.2, 0.25) is 0 Å². The Labute approximate surface area is 183 Å². The van der Waals surface area contributed by atoms with Gasteiger partial charge in [-0.05, 0) is 18.9 Å². The van der Waals surface area contributed by atoms with E-state index in [4.69, 9.17) is 18.6 Å². The molecular formula is C24H36ClNO4. The number of hydrogen-bond donors (Lipinski definition) is 0. The number of hydrogen-bond acceptors (Lipinski definition) is 4. The quantitative estimate of drug-likeness (QED) is 0.396. The number of aryl methyl sites for hydroxylation is 3. The summed E-state index contributed by atoms with van der Waals surface area (Å²) < 4.78 is 36.4. The monoisotopic (exact) mass is 437 g/mol. The number of benzene rings is 1. The van der Waals surface area contributed by atoms with Crippen molar-refractivity contribution in [1.82, 2.24) is 0 Å². The Hall–Kier alpha value is -1.50. The first-order valence-corrected chi connectivity index (χ1v) is 12.1. The molecule has 0 amide bonds. The summed E-state index contributed by atoms with van der Waals surface area (Å²) in [6, 6.07) is 15.4. The first-order valence-electron chi connectivity index (χ1n) is 10.9. The third kappa shape index (κ3) is 12.3. The van der Waals surface area contributed by atoms with Gasteiger partial charge in [-0.3, -0.25) is 0 Å². The van der Waals surface area contributed by atoms with Gasteiger partial charge in [-0.1, -0.05) is 76.5 Å². The number of halogens is 1. The fourth-order valence-corrected chi connectivity index (χ4v) is 3.74. The van der Waals surface area contributed by atoms with Gasteiger partial charge in [0.1, 0.15) is 0 Å². The Morgan fingerprint density at radius 2 is 1.23 bits per heavy atom. The van der Waals surface area contributed by atoms with Gasteiger partial charge in [0.05, 0.1) is 0 Å². The lowest BCUT2D eigenvalue weighted by atomic mass is 10.0. The molecular weight excluding hydrogens is 402 g/mol. The summed E-state index contributed by atoms with van der Waals surface area (Å²) in [5.41, 5.74) is 5.44. The van der Waals surface area contributed by atoms with Crippen LogP contribution in [-0.2, 0) is 6.42 Å². The molecule has 0 spiro atoms. The largest absolute Gasteiger partial charge is 0.222 e. The maximum atomic E-state index is 8.49. The number of para-hydroxylation sites is 1. The van der Waals surface area contributed by atoms with Crippen LogP contribution in [0.1, 0.15) is 81.7 Å². The zero-order valence-electron chi connectivity index (χ0n) is 18.6. The second-order valence-electron chi connectivity index (χ2n) is 7.79. The van der Waals surface area contributed by atoms with Gasteiger partial charge in [0.15, 0.2) is 11.4 Å². The molecule has 6 heteroatoms. The van der Waals surface area contributed by atoms with Gasteiger partial charge in [0.2, 0.25) is 5.69 Å². The molecule has 0 aliphatic carbocycles. The lowest BCUT2D eigenvalue weighted by Gasteiger charge is -2.17. The Balaban J connectivity index is 0.000000804. The van der Waals surface area contributed by atoms with E-state index in [1.807, 2.05) is 0 Å². The van der Waals surface area contributed by atoms with Crippen molar-refractivity contribution >= 4 is 0 Å².